The Morgan fingerprint density at radius 1 is 0.321 bits per heavy atom. The molecule has 0 aromatic heterocycles. The Hall–Kier alpha value is -4.91. The van der Waals surface area contributed by atoms with Crippen molar-refractivity contribution in [2.45, 2.75) is 178 Å². The second-order valence-corrected chi connectivity index (χ2v) is 36.4. The summed E-state index contributed by atoms with van der Waals surface area (Å²) in [7, 11) is 0. The van der Waals surface area contributed by atoms with Gasteiger partial charge in [0, 0.05) is 29.7 Å². The van der Waals surface area contributed by atoms with E-state index in [9.17, 15) is 39.3 Å². The zero-order chi connectivity index (χ0) is 98.5. The molecule has 3 N–H and O–H groups in total. The first-order valence-electron chi connectivity index (χ1n) is 45.9. The third-order valence-corrected chi connectivity index (χ3v) is 17.4. The van der Waals surface area contributed by atoms with Crippen LogP contribution in [0, 0.1) is 6.23 Å². The molecule has 39 nitrogen and oxygen atoms in total. The molecule has 1 saturated heterocycles. The number of hydrogen-bond acceptors (Lipinski definition) is 36. The molecule has 1 aliphatic heterocycles. The number of aliphatic carboxylic acids is 3. The monoisotopic (exact) mass is 2020 g/mol. The molecule has 3 aromatic rings. The van der Waals surface area contributed by atoms with E-state index in [0.29, 0.717) is 136 Å². The molecule has 0 bridgehead atoms. The molecule has 0 atom stereocenters. The van der Waals surface area contributed by atoms with Crippen LogP contribution >= 0.6 is 0 Å². The van der Waals surface area contributed by atoms with Crippen LogP contribution in [0.5, 0.6) is 46.0 Å². The van der Waals surface area contributed by atoms with Gasteiger partial charge in [0.25, 0.3) is 5.97 Å². The fourth-order valence-corrected chi connectivity index (χ4v) is 11.6. The normalized spacial score (nSPS) is 12.9. The summed E-state index contributed by atoms with van der Waals surface area (Å²) in [5, 5.41) is 29.1. The minimum absolute atomic E-state index is 0. The summed E-state index contributed by atoms with van der Waals surface area (Å²) in [5.74, 6) is -3.44. The van der Waals surface area contributed by atoms with Gasteiger partial charge in [-0.25, -0.2) is 0 Å². The predicted molar refractivity (Wildman–Crippen MR) is 492 cm³/mol. The van der Waals surface area contributed by atoms with Crippen LogP contribution in [-0.2, 0) is 156 Å². The van der Waals surface area contributed by atoms with Crippen molar-refractivity contribution in [2.75, 3.05) is 290 Å². The Bertz CT molecular complexity index is 3390. The van der Waals surface area contributed by atoms with Gasteiger partial charge >= 0.3 is 83.0 Å². The Kier molecular flexibility index (Phi) is 70.3. The van der Waals surface area contributed by atoms with Crippen molar-refractivity contribution in [2.24, 2.45) is 0 Å². The zero-order valence-electron chi connectivity index (χ0n) is 85.3. The van der Waals surface area contributed by atoms with Gasteiger partial charge in [-0.3, -0.25) is 28.9 Å². The van der Waals surface area contributed by atoms with Crippen molar-refractivity contribution in [3.05, 3.63) is 65.4 Å². The van der Waals surface area contributed by atoms with Crippen molar-refractivity contribution in [3.63, 3.8) is 0 Å². The van der Waals surface area contributed by atoms with E-state index in [4.69, 9.17) is 133 Å². The van der Waals surface area contributed by atoms with Crippen molar-refractivity contribution in [1.29, 1.82) is 0 Å². The van der Waals surface area contributed by atoms with Gasteiger partial charge in [0.2, 0.25) is 11.5 Å². The number of carboxylic acid groups (broad SMARTS) is 3. The quantitative estimate of drug-likeness (QED) is 0.0315. The van der Waals surface area contributed by atoms with Gasteiger partial charge in [-0.2, -0.15) is 0 Å². The number of nitrogens with zero attached hydrogens (tertiary/aromatic N) is 3. The maximum Gasteiger partial charge on any atom is 1.00 e. The van der Waals surface area contributed by atoms with Crippen LogP contribution in [0.25, 0.3) is 0 Å². The molecule has 0 amide bonds. The summed E-state index contributed by atoms with van der Waals surface area (Å²) in [5.41, 5.74) is -0.417. The zero-order valence-corrected chi connectivity index (χ0v) is 90.5. The van der Waals surface area contributed by atoms with E-state index in [1.807, 2.05) is 125 Å². The first-order valence-corrected chi connectivity index (χ1v) is 45.9. The largest absolute Gasteiger partial charge is 1.00 e. The average molecular weight is 2020 g/mol. The maximum absolute atomic E-state index is 14.1. The number of esters is 2. The van der Waals surface area contributed by atoms with E-state index in [1.54, 1.807) is 42.5 Å². The van der Waals surface area contributed by atoms with Gasteiger partial charge in [-0.1, -0.05) is 12.8 Å². The molecule has 1 radical (unpaired) electrons. The molecule has 1 fully saturated rings. The molecular weight excluding hydrogens is 1860 g/mol. The molecular formula is C95H158MnN3Na2O36+. The van der Waals surface area contributed by atoms with Crippen molar-refractivity contribution >= 4 is 29.8 Å². The minimum Gasteiger partial charge on any atom is -0.617 e. The van der Waals surface area contributed by atoms with Gasteiger partial charge in [0.1, 0.15) is 71.0 Å². The molecule has 3 aromatic carbocycles. The summed E-state index contributed by atoms with van der Waals surface area (Å²) in [4.78, 5) is 66.2. The van der Waals surface area contributed by atoms with Gasteiger partial charge < -0.3 is 158 Å². The van der Waals surface area contributed by atoms with Crippen molar-refractivity contribution in [3.8, 4) is 46.0 Å². The predicted octanol–water partition coefficient (Wildman–Crippen LogP) is 3.46. The number of carbonyl (C=O) groups excluding carboxylic acids is 2. The number of cyclic esters (lactones) is 1. The SMILES string of the molecule is CC(C)(C)OCCOCCOCCOc1cc(COc2cc(COC(=O)CN(CCN3CC(=O)O[C-]3CN(CC(=O)O)CC(=O)O)CC(=O)O)cc(OCc3cc(OCCOCCOCCOC(C)(C)C)c(OCCOCCOCCOC(C)(C)C)c(OCCOCCOCCOC(C)(C)C)c3)c2)cc(OCCOCCOCCOC(C)(C)C)c1OCCOCCOCCOC(C)(C)C.[Mn].[Na+].[Na+]. The van der Waals surface area contributed by atoms with E-state index < -0.39 is 62.6 Å². The fourth-order valence-electron chi connectivity index (χ4n) is 11.6. The minimum atomic E-state index is -1.32. The molecule has 4 rings (SSSR count). The fraction of sp³-hybridized carbons (Fsp3) is 0.747. The Labute approximate surface area is 866 Å². The van der Waals surface area contributed by atoms with Crippen LogP contribution in [0.2, 0.25) is 0 Å². The topological polar surface area (TPSA) is 414 Å². The van der Waals surface area contributed by atoms with Crippen LogP contribution in [0.15, 0.2) is 42.5 Å². The molecule has 1 heterocycles. The third-order valence-electron chi connectivity index (χ3n) is 17.4. The summed E-state index contributed by atoms with van der Waals surface area (Å²) >= 11 is 0. The van der Waals surface area contributed by atoms with Crippen LogP contribution in [0.4, 0.5) is 0 Å². The van der Waals surface area contributed by atoms with Crippen molar-refractivity contribution < 1.29 is 248 Å². The standard InChI is InChI=1S/C95H158N3O36.Mn.2Na/c1-90(2,3)128-51-39-113-27-21-107-33-45-119-78-59-74(60-79(120-46-34-108-22-28-114-40-52-129-91(4,5)6)88(78)123-49-37-111-25-31-117-43-55-132-94(13,14)15)70-125-76-57-73(72-127-86(105)68-96(65-83(99)100)19-20-98-69-87(106)134-82(98)64-97(66-84(101)102)67-85(103)104)58-77(63-76)126-71-75-61-80(121-47-35-109-23-29-115-41-53-130-92(7,8)9)89(124-50-38-112-26-32-118-44-56-133-95(16,17)18)81(62-75)122-48-36-110-24-30-116-42-54-131-93(10,11)12;;;/h57-63H,19-56,64-72H2,1-18H3,(H,99,100)(H,101,102)(H,103,104);;;/q-1;;2*+1. The van der Waals surface area contributed by atoms with Crippen LogP contribution in [-0.4, -0.2) is 384 Å². The second-order valence-electron chi connectivity index (χ2n) is 36.4. The Morgan fingerprint density at radius 2 is 0.562 bits per heavy atom. The molecule has 0 unspecified atom stereocenters. The number of carbonyl (C=O) groups is 5. The third kappa shape index (κ3) is 71.3. The number of carboxylic acids is 3. The number of rotatable bonds is 81. The van der Waals surface area contributed by atoms with Crippen LogP contribution < -0.4 is 97.0 Å². The Morgan fingerprint density at radius 3 is 0.825 bits per heavy atom. The van der Waals surface area contributed by atoms with Gasteiger partial charge in [-0.15, -0.1) is 0 Å². The van der Waals surface area contributed by atoms with Crippen LogP contribution in [0.3, 0.4) is 0 Å². The molecule has 137 heavy (non-hydrogen) atoms. The molecule has 1 aliphatic rings. The van der Waals surface area contributed by atoms with E-state index in [1.165, 1.54) is 9.80 Å². The summed E-state index contributed by atoms with van der Waals surface area (Å²) in [6, 6.07) is 11.9. The molecule has 42 heteroatoms. The van der Waals surface area contributed by atoms with E-state index in [0.717, 1.165) is 4.90 Å². The van der Waals surface area contributed by atoms with Gasteiger partial charge in [-0.05, 0) is 184 Å². The summed E-state index contributed by atoms with van der Waals surface area (Å²) < 4.78 is 169. The maximum atomic E-state index is 14.1. The molecule has 777 valence electrons. The molecule has 0 spiro atoms. The van der Waals surface area contributed by atoms with Crippen LogP contribution in [0.1, 0.15) is 141 Å². The average Bonchev–Trinajstić information content (AvgIpc) is 1.52. The Balaban J connectivity index is 0.0000313. The van der Waals surface area contributed by atoms with Gasteiger partial charge in [0.05, 0.1) is 265 Å². The van der Waals surface area contributed by atoms with E-state index >= 15 is 0 Å². The van der Waals surface area contributed by atoms with Gasteiger partial charge in [0.15, 0.2) is 23.0 Å². The van der Waals surface area contributed by atoms with Crippen molar-refractivity contribution in [1.82, 2.24) is 14.7 Å². The smallest absolute Gasteiger partial charge is 0.617 e. The number of ether oxygens (including phenoxy) is 28. The number of hydrogen-bond donors (Lipinski definition) is 3. The summed E-state index contributed by atoms with van der Waals surface area (Å²) in [6.45, 7) is 41.1. The molecule has 0 aliphatic carbocycles. The second kappa shape index (κ2) is 74.0. The summed E-state index contributed by atoms with van der Waals surface area (Å²) in [6.07, 6.45) is -0.0524. The molecule has 0 saturated carbocycles. The first-order chi connectivity index (χ1) is 63.6. The first kappa shape index (κ1) is 130. The van der Waals surface area contributed by atoms with E-state index in [-0.39, 0.29) is 320 Å². The number of benzene rings is 3. The van der Waals surface area contributed by atoms with E-state index in [2.05, 4.69) is 0 Å².